The van der Waals surface area contributed by atoms with E-state index in [4.69, 9.17) is 0 Å². The van der Waals surface area contributed by atoms with Gasteiger partial charge in [-0.1, -0.05) is 0 Å². The van der Waals surface area contributed by atoms with Crippen LogP contribution < -0.4 is 0 Å². The summed E-state index contributed by atoms with van der Waals surface area (Å²) in [5.41, 5.74) is 16.9. The number of aryl methyl sites for hydroxylation is 2. The van der Waals surface area contributed by atoms with Crippen molar-refractivity contribution >= 4 is 19.1 Å². The van der Waals surface area contributed by atoms with Crippen LogP contribution in [-0.4, -0.2) is 6.94 Å². The van der Waals surface area contributed by atoms with Crippen LogP contribution >= 0.6 is 0 Å². The quantitative estimate of drug-likeness (QED) is 0.180. The Morgan fingerprint density at radius 1 is 0.561 bits per heavy atom. The predicted octanol–water partition coefficient (Wildman–Crippen LogP) is 11.0. The first-order valence-electron chi connectivity index (χ1n) is 15.5. The Morgan fingerprint density at radius 3 is 1.32 bits per heavy atom. The molecule has 0 saturated carbocycles. The Kier molecular flexibility index (Phi) is 5.78. The van der Waals surface area contributed by atoms with Crippen molar-refractivity contribution in [3.8, 4) is 22.3 Å². The zero-order valence-electron chi connectivity index (χ0n) is 26.3. The summed E-state index contributed by atoms with van der Waals surface area (Å²) in [6, 6.07) is 27.7. The van der Waals surface area contributed by atoms with Gasteiger partial charge in [0.1, 0.15) is 0 Å². The van der Waals surface area contributed by atoms with Gasteiger partial charge in [0.15, 0.2) is 0 Å². The Bertz CT molecular complexity index is 1830. The maximum absolute atomic E-state index is 4.82. The van der Waals surface area contributed by atoms with E-state index in [2.05, 4.69) is 153 Å². The van der Waals surface area contributed by atoms with E-state index < -0.39 is 14.2 Å². The van der Waals surface area contributed by atoms with Crippen molar-refractivity contribution in [2.75, 3.05) is 0 Å². The summed E-state index contributed by atoms with van der Waals surface area (Å²) in [6.45, 7) is 14.0. The van der Waals surface area contributed by atoms with Crippen LogP contribution in [0.1, 0.15) is 58.8 Å². The predicted molar refractivity (Wildman–Crippen MR) is 183 cm³/mol. The van der Waals surface area contributed by atoms with Crippen LogP contribution in [0.3, 0.4) is 0 Å². The Balaban J connectivity index is 1.57. The van der Waals surface area contributed by atoms with Gasteiger partial charge >= 0.3 is 245 Å². The van der Waals surface area contributed by atoms with Gasteiger partial charge in [-0.15, -0.1) is 0 Å². The molecule has 0 nitrogen and oxygen atoms in total. The second kappa shape index (κ2) is 8.29. The van der Waals surface area contributed by atoms with Crippen LogP contribution in [0.15, 0.2) is 84.9 Å². The van der Waals surface area contributed by atoms with E-state index in [9.17, 15) is 0 Å². The molecule has 2 aliphatic rings. The van der Waals surface area contributed by atoms with Crippen molar-refractivity contribution in [3.05, 3.63) is 129 Å². The molecule has 2 heteroatoms. The van der Waals surface area contributed by atoms with Gasteiger partial charge in [-0.3, -0.25) is 0 Å². The third-order valence-corrected chi connectivity index (χ3v) is 62.0. The molecule has 0 bridgehead atoms. The minimum absolute atomic E-state index is 0.424. The topological polar surface area (TPSA) is 0 Å². The molecular weight excluding hydrogens is 675 g/mol. The molecule has 210 valence electrons. The van der Waals surface area contributed by atoms with Gasteiger partial charge in [0.25, 0.3) is 0 Å². The number of hydrogen-bond acceptors (Lipinski definition) is 0. The van der Waals surface area contributed by atoms with Crippen molar-refractivity contribution in [1.82, 2.24) is 0 Å². The fraction of sp³-hybridized carbons (Fsp3) is 0.282. The molecule has 4 aromatic carbocycles. The number of benzene rings is 4. The standard InChI is InChI=1S/2C17H15.C2H5.3CH3.Hf.H2Si/c2*1-12-6-3-9-15(13(12)2)17-11-5-8-14-7-4-10-16(14)17;1-2;;;;;/h2*3-11H,1-2H3;1H2,2H3;3*1H3;;1H2. The summed E-state index contributed by atoms with van der Waals surface area (Å²) in [5, 5.41) is 0. The van der Waals surface area contributed by atoms with E-state index in [-0.39, 0.29) is 0 Å². The number of allylic oxidation sites excluding steroid dienone is 2. The zero-order chi connectivity index (χ0) is 29.5. The van der Waals surface area contributed by atoms with Gasteiger partial charge in [-0.2, -0.15) is 0 Å². The molecule has 41 heavy (non-hydrogen) atoms. The first kappa shape index (κ1) is 28.6. The summed E-state index contributed by atoms with van der Waals surface area (Å²) in [5.74, 6) is 0. The average Bonchev–Trinajstić information content (AvgIpc) is 3.59. The van der Waals surface area contributed by atoms with E-state index in [1.54, 1.807) is 0 Å². The zero-order valence-corrected chi connectivity index (χ0v) is 31.3. The first-order valence-corrected chi connectivity index (χ1v) is 41.3. The van der Waals surface area contributed by atoms with Crippen LogP contribution in [0.4, 0.5) is 0 Å². The molecule has 0 fully saturated rings. The molecule has 0 radical (unpaired) electrons. The van der Waals surface area contributed by atoms with Crippen LogP contribution in [-0.2, 0) is 14.2 Å². The summed E-state index contributed by atoms with van der Waals surface area (Å²) < 4.78 is 10.4. The minimum atomic E-state index is -4.82. The van der Waals surface area contributed by atoms with Crippen molar-refractivity contribution < 1.29 is 14.2 Å². The van der Waals surface area contributed by atoms with Gasteiger partial charge in [-0.05, 0) is 0 Å². The molecule has 0 aliphatic heterocycles. The van der Waals surface area contributed by atoms with E-state index in [1.807, 2.05) is 0 Å². The Morgan fingerprint density at radius 2 is 0.927 bits per heavy atom. The second-order valence-corrected chi connectivity index (χ2v) is 99.2. The molecule has 0 saturated heterocycles. The van der Waals surface area contributed by atoms with Gasteiger partial charge in [0.05, 0.1) is 0 Å². The van der Waals surface area contributed by atoms with E-state index in [1.165, 1.54) is 70.9 Å². The number of rotatable bonds is 5. The first-order chi connectivity index (χ1) is 19.1. The molecule has 2 aliphatic carbocycles. The number of fused-ring (bicyclic) bond motifs is 2. The van der Waals surface area contributed by atoms with Crippen LogP contribution in [0.25, 0.3) is 34.4 Å². The Labute approximate surface area is 243 Å². The SMILES string of the molecule is C[CH2][Hf]([CH3])([CH3])([CH3])(=[SiH2])([CH]1C=Cc2c(-c3cccc(C)c3C)cccc21)[CH]1C=Cc2c(-c3cccc(C)c3C)cccc21. The third kappa shape index (κ3) is 3.93. The number of hydrogen-bond donors (Lipinski definition) is 0. The normalized spacial score (nSPS) is 20.1. The summed E-state index contributed by atoms with van der Waals surface area (Å²) in [7, 11) is 0. The average molecular weight is 721 g/mol. The van der Waals surface area contributed by atoms with Crippen molar-refractivity contribution in [2.24, 2.45) is 0 Å². The van der Waals surface area contributed by atoms with Gasteiger partial charge in [0, 0.05) is 0 Å². The molecule has 0 heterocycles. The van der Waals surface area contributed by atoms with Crippen molar-refractivity contribution in [2.45, 2.75) is 60.2 Å². The van der Waals surface area contributed by atoms with Gasteiger partial charge in [-0.25, -0.2) is 0 Å². The molecule has 6 rings (SSSR count). The van der Waals surface area contributed by atoms with Gasteiger partial charge < -0.3 is 0 Å². The van der Waals surface area contributed by atoms with Crippen molar-refractivity contribution in [1.29, 1.82) is 0 Å². The molecule has 0 aromatic heterocycles. The van der Waals surface area contributed by atoms with Crippen LogP contribution in [0, 0.1) is 27.7 Å². The Hall–Kier alpha value is -2.55. The molecule has 2 atom stereocenters. The molecule has 0 amide bonds. The van der Waals surface area contributed by atoms with E-state index >= 15 is 0 Å². The van der Waals surface area contributed by atoms with E-state index in [0.29, 0.717) is 7.35 Å². The second-order valence-electron chi connectivity index (χ2n) is 16.7. The molecule has 4 aromatic rings. The molecule has 0 N–H and O–H groups in total. The fourth-order valence-corrected chi connectivity index (χ4v) is 39.3. The monoisotopic (exact) mass is 722 g/mol. The fourth-order valence-electron chi connectivity index (χ4n) is 8.37. The summed E-state index contributed by atoms with van der Waals surface area (Å²) in [4.78, 5) is 0. The summed E-state index contributed by atoms with van der Waals surface area (Å²) >= 11 is -4.82. The molecule has 2 unspecified atom stereocenters. The van der Waals surface area contributed by atoms with E-state index in [0.717, 1.165) is 0 Å². The van der Waals surface area contributed by atoms with Crippen LogP contribution in [0.5, 0.6) is 0 Å². The van der Waals surface area contributed by atoms with Crippen LogP contribution in [0.2, 0.25) is 18.2 Å². The molecular formula is C39H46HfSi. The third-order valence-electron chi connectivity index (χ3n) is 12.5. The van der Waals surface area contributed by atoms with Gasteiger partial charge in [0.2, 0.25) is 0 Å². The maximum atomic E-state index is 2.78. The summed E-state index contributed by atoms with van der Waals surface area (Å²) in [6.07, 6.45) is 10.2. The molecule has 0 spiro atoms. The van der Waals surface area contributed by atoms with Crippen molar-refractivity contribution in [3.63, 3.8) is 0 Å².